The van der Waals surface area contributed by atoms with E-state index in [1.165, 1.54) is 25.6 Å². The molecule has 1 saturated carbocycles. The van der Waals surface area contributed by atoms with Crippen LogP contribution in [0, 0.1) is 0 Å². The van der Waals surface area contributed by atoms with Crippen LogP contribution in [-0.4, -0.2) is 45.2 Å². The maximum atomic E-state index is 4.76. The number of hydrogen-bond donors (Lipinski definition) is 3. The van der Waals surface area contributed by atoms with Crippen molar-refractivity contribution < 1.29 is 0 Å². The standard InChI is InChI=1S/C18H26N6S.HI/c1-3-19-18(23-15-7-8-16(10-15)25-2)20-11-13-5-4-6-14(9-13)17-21-12-22-24-17;/h4-6,9,12,15-16H,3,7-8,10-11H2,1-2H3,(H2,19,20,23)(H,21,22,24);1H. The monoisotopic (exact) mass is 486 g/mol. The molecule has 1 aromatic carbocycles. The molecule has 1 fully saturated rings. The largest absolute Gasteiger partial charge is 0.357 e. The summed E-state index contributed by atoms with van der Waals surface area (Å²) in [4.78, 5) is 8.97. The third kappa shape index (κ3) is 5.87. The highest BCUT2D eigenvalue weighted by Gasteiger charge is 2.24. The number of benzene rings is 1. The van der Waals surface area contributed by atoms with Crippen LogP contribution in [0.4, 0.5) is 0 Å². The number of guanidine groups is 1. The summed E-state index contributed by atoms with van der Waals surface area (Å²) in [5.41, 5.74) is 2.18. The van der Waals surface area contributed by atoms with E-state index in [2.05, 4.69) is 51.1 Å². The number of rotatable bonds is 6. The zero-order chi connectivity index (χ0) is 17.5. The van der Waals surface area contributed by atoms with Gasteiger partial charge in [0.2, 0.25) is 0 Å². The molecule has 3 rings (SSSR count). The lowest BCUT2D eigenvalue weighted by Gasteiger charge is -2.17. The van der Waals surface area contributed by atoms with Gasteiger partial charge in [0.1, 0.15) is 6.33 Å². The van der Waals surface area contributed by atoms with E-state index in [1.54, 1.807) is 0 Å². The number of aromatic amines is 1. The number of thioether (sulfide) groups is 1. The maximum Gasteiger partial charge on any atom is 0.191 e. The van der Waals surface area contributed by atoms with Crippen molar-refractivity contribution in [1.82, 2.24) is 25.8 Å². The first-order valence-corrected chi connectivity index (χ1v) is 10.1. The summed E-state index contributed by atoms with van der Waals surface area (Å²) < 4.78 is 0. The van der Waals surface area contributed by atoms with Crippen LogP contribution in [0.5, 0.6) is 0 Å². The normalized spacial score (nSPS) is 19.8. The van der Waals surface area contributed by atoms with E-state index < -0.39 is 0 Å². The zero-order valence-corrected chi connectivity index (χ0v) is 18.4. The number of nitrogens with zero attached hydrogens (tertiary/aromatic N) is 3. The van der Waals surface area contributed by atoms with E-state index in [9.17, 15) is 0 Å². The Bertz CT molecular complexity index is 691. The van der Waals surface area contributed by atoms with Gasteiger partial charge in [0, 0.05) is 23.4 Å². The van der Waals surface area contributed by atoms with Crippen molar-refractivity contribution >= 4 is 41.7 Å². The SMILES string of the molecule is CCNC(=NCc1cccc(-c2ncn[nH]2)c1)NC1CCC(SC)C1.I. The van der Waals surface area contributed by atoms with Crippen LogP contribution in [0.2, 0.25) is 0 Å². The highest BCUT2D eigenvalue weighted by atomic mass is 127. The summed E-state index contributed by atoms with van der Waals surface area (Å²) in [7, 11) is 0. The molecule has 0 bridgehead atoms. The Morgan fingerprint density at radius 2 is 2.27 bits per heavy atom. The third-order valence-corrected chi connectivity index (χ3v) is 5.53. The van der Waals surface area contributed by atoms with Gasteiger partial charge in [-0.3, -0.25) is 5.10 Å². The van der Waals surface area contributed by atoms with Crippen molar-refractivity contribution in [2.75, 3.05) is 12.8 Å². The highest BCUT2D eigenvalue weighted by Crippen LogP contribution is 2.28. The van der Waals surface area contributed by atoms with Gasteiger partial charge in [-0.05, 0) is 44.1 Å². The van der Waals surface area contributed by atoms with Crippen LogP contribution < -0.4 is 10.6 Å². The molecular weight excluding hydrogens is 459 g/mol. The number of aliphatic imine (C=N–C) groups is 1. The lowest BCUT2D eigenvalue weighted by molar-refractivity contribution is 0.615. The molecule has 2 unspecified atom stereocenters. The molecule has 2 aromatic rings. The Balaban J connectivity index is 0.00000243. The topological polar surface area (TPSA) is 78.0 Å². The first-order chi connectivity index (χ1) is 12.3. The Kier molecular flexibility index (Phi) is 8.70. The fraction of sp³-hybridized carbons (Fsp3) is 0.500. The number of hydrogen-bond acceptors (Lipinski definition) is 4. The van der Waals surface area contributed by atoms with Crippen LogP contribution in [0.3, 0.4) is 0 Å². The average molecular weight is 486 g/mol. The Labute approximate surface area is 176 Å². The molecule has 1 heterocycles. The second-order valence-electron chi connectivity index (χ2n) is 6.24. The molecule has 1 aromatic heterocycles. The van der Waals surface area contributed by atoms with Crippen molar-refractivity contribution in [3.63, 3.8) is 0 Å². The van der Waals surface area contributed by atoms with Crippen molar-refractivity contribution in [3.05, 3.63) is 36.2 Å². The molecule has 1 aliphatic carbocycles. The molecule has 6 nitrogen and oxygen atoms in total. The van der Waals surface area contributed by atoms with E-state index in [4.69, 9.17) is 4.99 Å². The lowest BCUT2D eigenvalue weighted by atomic mass is 10.1. The van der Waals surface area contributed by atoms with E-state index in [0.717, 1.165) is 34.7 Å². The predicted octanol–water partition coefficient (Wildman–Crippen LogP) is 3.43. The average Bonchev–Trinajstić information content (AvgIpc) is 3.32. The Hall–Kier alpha value is -1.29. The van der Waals surface area contributed by atoms with Gasteiger partial charge in [-0.25, -0.2) is 9.98 Å². The number of aromatic nitrogens is 3. The summed E-state index contributed by atoms with van der Waals surface area (Å²) in [6.45, 7) is 3.60. The van der Waals surface area contributed by atoms with E-state index in [1.807, 2.05) is 23.9 Å². The van der Waals surface area contributed by atoms with Crippen LogP contribution >= 0.6 is 35.7 Å². The molecule has 26 heavy (non-hydrogen) atoms. The van der Waals surface area contributed by atoms with Crippen LogP contribution in [0.15, 0.2) is 35.6 Å². The molecule has 8 heteroatoms. The summed E-state index contributed by atoms with van der Waals surface area (Å²) >= 11 is 1.97. The molecule has 0 radical (unpaired) electrons. The molecule has 0 amide bonds. The minimum absolute atomic E-state index is 0. The van der Waals surface area contributed by atoms with Gasteiger partial charge in [-0.15, -0.1) is 24.0 Å². The number of H-pyrrole nitrogens is 1. The van der Waals surface area contributed by atoms with Crippen molar-refractivity contribution in [3.8, 4) is 11.4 Å². The number of halogens is 1. The van der Waals surface area contributed by atoms with Crippen molar-refractivity contribution in [2.24, 2.45) is 4.99 Å². The molecule has 0 aliphatic heterocycles. The lowest BCUT2D eigenvalue weighted by Crippen LogP contribution is -2.42. The first kappa shape index (κ1) is 21.0. The fourth-order valence-corrected chi connectivity index (χ4v) is 3.93. The molecule has 2 atom stereocenters. The summed E-state index contributed by atoms with van der Waals surface area (Å²) in [6.07, 6.45) is 7.45. The molecule has 0 spiro atoms. The second-order valence-corrected chi connectivity index (χ2v) is 7.38. The maximum absolute atomic E-state index is 4.76. The third-order valence-electron chi connectivity index (χ3n) is 4.44. The van der Waals surface area contributed by atoms with Gasteiger partial charge in [0.25, 0.3) is 0 Å². The smallest absolute Gasteiger partial charge is 0.191 e. The van der Waals surface area contributed by atoms with Gasteiger partial charge in [-0.2, -0.15) is 16.9 Å². The van der Waals surface area contributed by atoms with Gasteiger partial charge >= 0.3 is 0 Å². The molecular formula is C18H27IN6S. The van der Waals surface area contributed by atoms with Crippen LogP contribution in [0.1, 0.15) is 31.7 Å². The molecule has 1 aliphatic rings. The predicted molar refractivity (Wildman–Crippen MR) is 120 cm³/mol. The van der Waals surface area contributed by atoms with Crippen LogP contribution in [-0.2, 0) is 6.54 Å². The van der Waals surface area contributed by atoms with E-state index in [-0.39, 0.29) is 24.0 Å². The van der Waals surface area contributed by atoms with Crippen molar-refractivity contribution in [2.45, 2.75) is 44.0 Å². The molecule has 0 saturated heterocycles. The van der Waals surface area contributed by atoms with Gasteiger partial charge in [-0.1, -0.05) is 18.2 Å². The zero-order valence-electron chi connectivity index (χ0n) is 15.2. The highest BCUT2D eigenvalue weighted by molar-refractivity contribution is 14.0. The van der Waals surface area contributed by atoms with Gasteiger partial charge in [0.05, 0.1) is 6.54 Å². The van der Waals surface area contributed by atoms with E-state index >= 15 is 0 Å². The molecule has 3 N–H and O–H groups in total. The Morgan fingerprint density at radius 3 is 2.96 bits per heavy atom. The van der Waals surface area contributed by atoms with Crippen LogP contribution in [0.25, 0.3) is 11.4 Å². The van der Waals surface area contributed by atoms with Gasteiger partial charge in [0.15, 0.2) is 11.8 Å². The minimum atomic E-state index is 0. The summed E-state index contributed by atoms with van der Waals surface area (Å²) in [5, 5.41) is 14.5. The van der Waals surface area contributed by atoms with Crippen molar-refractivity contribution in [1.29, 1.82) is 0 Å². The summed E-state index contributed by atoms with van der Waals surface area (Å²) in [6, 6.07) is 8.77. The van der Waals surface area contributed by atoms with Gasteiger partial charge < -0.3 is 10.6 Å². The number of nitrogens with one attached hydrogen (secondary N) is 3. The minimum Gasteiger partial charge on any atom is -0.357 e. The Morgan fingerprint density at radius 1 is 1.38 bits per heavy atom. The first-order valence-electron chi connectivity index (χ1n) is 8.80. The second kappa shape index (κ2) is 10.8. The molecule has 142 valence electrons. The quantitative estimate of drug-likeness (QED) is 0.332. The fourth-order valence-electron chi connectivity index (χ4n) is 3.13. The summed E-state index contributed by atoms with van der Waals surface area (Å²) in [5.74, 6) is 1.68. The van der Waals surface area contributed by atoms with E-state index in [0.29, 0.717) is 12.6 Å².